The van der Waals surface area contributed by atoms with Gasteiger partial charge in [0.15, 0.2) is 0 Å². The van der Waals surface area contributed by atoms with Crippen LogP contribution in [0.1, 0.15) is 16.7 Å². The van der Waals surface area contributed by atoms with Crippen molar-refractivity contribution in [3.05, 3.63) is 199 Å². The van der Waals surface area contributed by atoms with Gasteiger partial charge in [0.2, 0.25) is 0 Å². The van der Waals surface area contributed by atoms with E-state index >= 15 is 0 Å². The summed E-state index contributed by atoms with van der Waals surface area (Å²) < 4.78 is 0. The molecule has 4 aromatic rings. The van der Waals surface area contributed by atoms with Gasteiger partial charge < -0.3 is 14.7 Å². The van der Waals surface area contributed by atoms with Crippen molar-refractivity contribution in [2.45, 2.75) is 36.3 Å². The minimum Gasteiger partial charge on any atom is -0.317 e. The molecule has 3 aliphatic carbocycles. The van der Waals surface area contributed by atoms with E-state index in [0.717, 1.165) is 51.3 Å². The van der Waals surface area contributed by atoms with Gasteiger partial charge in [-0.1, -0.05) is 128 Å². The maximum absolute atomic E-state index is 5.43. The summed E-state index contributed by atoms with van der Waals surface area (Å²) >= 11 is 0. The third-order valence-electron chi connectivity index (χ3n) is 10.4. The second-order valence-electron chi connectivity index (χ2n) is 13.5. The lowest BCUT2D eigenvalue weighted by Gasteiger charge is -2.31. The summed E-state index contributed by atoms with van der Waals surface area (Å²) in [5.41, 5.74) is 6.46. The van der Waals surface area contributed by atoms with E-state index in [1.165, 1.54) is 0 Å². The summed E-state index contributed by atoms with van der Waals surface area (Å²) in [5.74, 6) is 2.83. The molecule has 0 aromatic heterocycles. The van der Waals surface area contributed by atoms with Crippen molar-refractivity contribution in [1.29, 1.82) is 0 Å². The van der Waals surface area contributed by atoms with E-state index in [-0.39, 0.29) is 36.3 Å². The van der Waals surface area contributed by atoms with Crippen molar-refractivity contribution in [1.82, 2.24) is 0 Å². The molecule has 0 fully saturated rings. The van der Waals surface area contributed by atoms with Crippen LogP contribution in [0.5, 0.6) is 0 Å². The Labute approximate surface area is 298 Å². The van der Waals surface area contributed by atoms with Crippen molar-refractivity contribution in [2.75, 3.05) is 14.7 Å². The smallest absolute Gasteiger partial charge is 0.136 e. The van der Waals surface area contributed by atoms with Crippen molar-refractivity contribution < 1.29 is 0 Å². The summed E-state index contributed by atoms with van der Waals surface area (Å²) in [4.78, 5) is 23.4. The van der Waals surface area contributed by atoms with E-state index in [2.05, 4.69) is 197 Å². The largest absolute Gasteiger partial charge is 0.317 e. The Morgan fingerprint density at radius 2 is 0.608 bits per heavy atom. The van der Waals surface area contributed by atoms with Crippen LogP contribution in [0.4, 0.5) is 17.1 Å². The lowest BCUT2D eigenvalue weighted by molar-refractivity contribution is 0.739. The lowest BCUT2D eigenvalue weighted by atomic mass is 9.99. The van der Waals surface area contributed by atoms with Gasteiger partial charge in [0, 0.05) is 33.8 Å². The van der Waals surface area contributed by atoms with E-state index in [1.807, 2.05) is 0 Å². The number of anilines is 3. The second kappa shape index (κ2) is 12.3. The highest BCUT2D eigenvalue weighted by Gasteiger charge is 2.40. The van der Waals surface area contributed by atoms with Crippen LogP contribution in [0.2, 0.25) is 0 Å². The van der Waals surface area contributed by atoms with E-state index in [1.54, 1.807) is 0 Å². The minimum absolute atomic E-state index is 0.0166. The van der Waals surface area contributed by atoms with Crippen LogP contribution in [0, 0.1) is 0 Å². The summed E-state index contributed by atoms with van der Waals surface area (Å²) in [6.45, 7) is 0. The molecule has 0 radical (unpaired) electrons. The number of aliphatic imine (C=N–C) groups is 3. The molecular formula is C45H36N6. The summed E-state index contributed by atoms with van der Waals surface area (Å²) in [5, 5.41) is 0. The van der Waals surface area contributed by atoms with Crippen LogP contribution < -0.4 is 14.7 Å². The van der Waals surface area contributed by atoms with Gasteiger partial charge in [-0.3, -0.25) is 15.0 Å². The van der Waals surface area contributed by atoms with Gasteiger partial charge in [-0.15, -0.1) is 0 Å². The molecule has 0 spiro atoms. The predicted molar refractivity (Wildman–Crippen MR) is 210 cm³/mol. The zero-order valence-electron chi connectivity index (χ0n) is 28.0. The molecule has 0 saturated carbocycles. The molecule has 5 unspecified atom stereocenters. The van der Waals surface area contributed by atoms with Gasteiger partial charge in [-0.2, -0.15) is 0 Å². The Bertz CT molecular complexity index is 1990. The number of benzene rings is 4. The first kappa shape index (κ1) is 29.6. The topological polar surface area (TPSA) is 46.8 Å². The normalized spacial score (nSPS) is 26.6. The Morgan fingerprint density at radius 3 is 0.902 bits per heavy atom. The Hall–Kier alpha value is -6.27. The van der Waals surface area contributed by atoms with Crippen LogP contribution in [0.3, 0.4) is 0 Å². The molecule has 10 rings (SSSR count). The number of amidine groups is 3. The Kier molecular flexibility index (Phi) is 7.12. The highest BCUT2D eigenvalue weighted by molar-refractivity contribution is 6.20. The highest BCUT2D eigenvalue weighted by Crippen LogP contribution is 2.37. The number of para-hydroxylation sites is 3. The fourth-order valence-electron chi connectivity index (χ4n) is 8.16. The number of hydrogen-bond donors (Lipinski definition) is 0. The highest BCUT2D eigenvalue weighted by atomic mass is 15.3. The average Bonchev–Trinajstić information content (AvgIpc) is 3.91. The molecule has 51 heavy (non-hydrogen) atoms. The molecule has 6 nitrogen and oxygen atoms in total. The number of allylic oxidation sites excluding steroid dienone is 6. The van der Waals surface area contributed by atoms with Gasteiger partial charge >= 0.3 is 0 Å². The molecule has 3 heterocycles. The fourth-order valence-corrected chi connectivity index (χ4v) is 8.16. The monoisotopic (exact) mass is 660 g/mol. The maximum atomic E-state index is 5.43. The molecule has 0 N–H and O–H groups in total. The maximum Gasteiger partial charge on any atom is 0.136 e. The van der Waals surface area contributed by atoms with Gasteiger partial charge in [0.05, 0.1) is 36.3 Å². The van der Waals surface area contributed by atoms with Gasteiger partial charge in [0.25, 0.3) is 0 Å². The van der Waals surface area contributed by atoms with Crippen molar-refractivity contribution >= 4 is 34.6 Å². The Morgan fingerprint density at radius 1 is 0.333 bits per heavy atom. The first-order valence-electron chi connectivity index (χ1n) is 17.8. The Balaban J connectivity index is 1.19. The zero-order chi connectivity index (χ0) is 33.7. The lowest BCUT2D eigenvalue weighted by Crippen LogP contribution is -2.41. The molecular weight excluding hydrogens is 625 g/mol. The van der Waals surface area contributed by atoms with Gasteiger partial charge in [-0.05, 0) is 54.6 Å². The third kappa shape index (κ3) is 5.06. The molecule has 0 amide bonds. The minimum atomic E-state index is 0.0166. The van der Waals surface area contributed by atoms with Gasteiger partial charge in [-0.25, -0.2) is 0 Å². The predicted octanol–water partition coefficient (Wildman–Crippen LogP) is 8.08. The van der Waals surface area contributed by atoms with E-state index in [0.29, 0.717) is 0 Å². The van der Waals surface area contributed by atoms with Crippen molar-refractivity contribution in [3.63, 3.8) is 0 Å². The number of rotatable bonds is 6. The molecule has 0 bridgehead atoms. The quantitative estimate of drug-likeness (QED) is 0.210. The molecule has 6 heteroatoms. The van der Waals surface area contributed by atoms with E-state index in [9.17, 15) is 0 Å². The van der Waals surface area contributed by atoms with Crippen LogP contribution in [-0.4, -0.2) is 53.8 Å². The molecule has 6 atom stereocenters. The molecule has 3 aliphatic heterocycles. The van der Waals surface area contributed by atoms with Crippen LogP contribution >= 0.6 is 0 Å². The molecule has 0 saturated heterocycles. The first-order valence-corrected chi connectivity index (χ1v) is 17.8. The van der Waals surface area contributed by atoms with E-state index < -0.39 is 0 Å². The molecule has 246 valence electrons. The summed E-state index contributed by atoms with van der Waals surface area (Å²) in [6, 6.07) is 39.1. The second-order valence-corrected chi connectivity index (χ2v) is 13.5. The van der Waals surface area contributed by atoms with E-state index in [4.69, 9.17) is 15.0 Å². The SMILES string of the molecule is C1=CC2N=C(c3cc(C4=NC5C=CC=CC5N4c4ccccc4)cc(C4=N[C@H]5C=CC=CC5N4c4ccccc4)c3)N(c3ccccc3)C2C=C1. The van der Waals surface area contributed by atoms with Crippen LogP contribution in [0.15, 0.2) is 197 Å². The zero-order valence-corrected chi connectivity index (χ0v) is 28.0. The number of fused-ring (bicyclic) bond motifs is 3. The fraction of sp³-hybridized carbons (Fsp3) is 0.133. The average molecular weight is 661 g/mol. The molecule has 6 aliphatic rings. The van der Waals surface area contributed by atoms with Crippen LogP contribution in [-0.2, 0) is 0 Å². The van der Waals surface area contributed by atoms with Crippen molar-refractivity contribution in [2.24, 2.45) is 15.0 Å². The number of hydrogen-bond acceptors (Lipinski definition) is 6. The number of nitrogens with zero attached hydrogens (tertiary/aromatic N) is 6. The first-order chi connectivity index (χ1) is 25.3. The summed E-state index contributed by atoms with van der Waals surface area (Å²) in [7, 11) is 0. The van der Waals surface area contributed by atoms with Crippen molar-refractivity contribution in [3.8, 4) is 0 Å². The van der Waals surface area contributed by atoms with Gasteiger partial charge in [0.1, 0.15) is 17.5 Å². The van der Waals surface area contributed by atoms with Crippen LogP contribution in [0.25, 0.3) is 0 Å². The summed E-state index contributed by atoms with van der Waals surface area (Å²) in [6.07, 6.45) is 26.2. The standard InChI is InChI=1S/C45H36N6/c1-4-16-34(17-5-1)49-40-25-13-10-22-37(40)46-43(49)31-28-32(44-47-38-23-11-14-26-41(38)50(44)35-18-6-2-7-19-35)30-33(29-31)45-48-39-24-12-15-27-42(39)51(45)36-20-8-3-9-21-36/h1-30,37-42H/t37-,38?,39?,40?,41?,42?/m0/s1. The third-order valence-corrected chi connectivity index (χ3v) is 10.4. The molecule has 4 aromatic carbocycles.